The summed E-state index contributed by atoms with van der Waals surface area (Å²) in [6, 6.07) is 1.98. The van der Waals surface area contributed by atoms with Crippen molar-refractivity contribution in [3.8, 4) is 17.4 Å². The van der Waals surface area contributed by atoms with E-state index < -0.39 is 92.3 Å². The third kappa shape index (κ3) is 7.70. The number of amides is 4. The molecular formula is C41H52F3N5O10S. The zero-order valence-corrected chi connectivity index (χ0v) is 35.0. The zero-order chi connectivity index (χ0) is 43.6. The van der Waals surface area contributed by atoms with Gasteiger partial charge < -0.3 is 29.5 Å². The maximum Gasteiger partial charge on any atom is 0.408 e. The highest BCUT2D eigenvalue weighted by Gasteiger charge is 2.64. The Morgan fingerprint density at radius 3 is 2.48 bits per heavy atom. The summed E-state index contributed by atoms with van der Waals surface area (Å²) in [5, 5.41) is 14.5. The Labute approximate surface area is 346 Å². The molecule has 0 bridgehead atoms. The van der Waals surface area contributed by atoms with Crippen molar-refractivity contribution in [2.75, 3.05) is 26.4 Å². The van der Waals surface area contributed by atoms with Crippen LogP contribution in [0.3, 0.4) is 0 Å². The normalized spacial score (nSPS) is 29.8. The van der Waals surface area contributed by atoms with Crippen molar-refractivity contribution in [1.29, 1.82) is 0 Å². The van der Waals surface area contributed by atoms with Crippen molar-refractivity contribution in [2.24, 2.45) is 17.8 Å². The summed E-state index contributed by atoms with van der Waals surface area (Å²) < 4.78 is 89.5. The van der Waals surface area contributed by atoms with E-state index in [1.165, 1.54) is 6.20 Å². The first-order valence-corrected chi connectivity index (χ1v) is 21.8. The minimum absolute atomic E-state index is 0.00236. The minimum Gasteiger partial charge on any atom is -0.486 e. The Morgan fingerprint density at radius 2 is 1.82 bits per heavy atom. The number of fused-ring (bicyclic) bond motifs is 5. The van der Waals surface area contributed by atoms with Crippen LogP contribution < -0.4 is 24.2 Å². The van der Waals surface area contributed by atoms with E-state index in [4.69, 9.17) is 14.2 Å². The van der Waals surface area contributed by atoms with E-state index >= 15 is 13.6 Å². The molecule has 3 N–H and O–H groups in total. The van der Waals surface area contributed by atoms with Crippen molar-refractivity contribution in [2.45, 2.75) is 119 Å². The SMILES string of the molecule is C[C@@H]1CC/C=C\[C@@H]2C[C@@]2(C(=O)NS(=O)(=O)C2(CF)CC2)NC(=O)[C@@H]2C[C@@H](Oc3nccc4c5c(ccc34)OCCO5)CN2C(=O)[C@@H](N(C(=O)O)C(C)(C)C(C)(F)F)[C@H](C)C1. The number of nitrogens with one attached hydrogen (secondary N) is 2. The number of sulfonamides is 1. The van der Waals surface area contributed by atoms with Gasteiger partial charge in [-0.05, 0) is 82.4 Å². The van der Waals surface area contributed by atoms with Crippen molar-refractivity contribution in [3.05, 3.63) is 36.5 Å². The Bertz CT molecular complexity index is 2200. The van der Waals surface area contributed by atoms with E-state index in [9.17, 15) is 32.3 Å². The van der Waals surface area contributed by atoms with Gasteiger partial charge in [-0.1, -0.05) is 26.0 Å². The van der Waals surface area contributed by atoms with E-state index in [0.717, 1.165) is 18.7 Å². The first-order chi connectivity index (χ1) is 28.2. The van der Waals surface area contributed by atoms with Crippen LogP contribution in [0.2, 0.25) is 0 Å². The molecule has 0 spiro atoms. The molecule has 4 heterocycles. The molecule has 3 fully saturated rings. The lowest BCUT2D eigenvalue weighted by molar-refractivity contribution is -0.156. The van der Waals surface area contributed by atoms with E-state index in [-0.39, 0.29) is 50.4 Å². The van der Waals surface area contributed by atoms with Gasteiger partial charge in [0.1, 0.15) is 53.9 Å². The molecule has 4 amide bonds. The number of carbonyl (C=O) groups excluding carboxylic acids is 3. The lowest BCUT2D eigenvalue weighted by Gasteiger charge is -2.47. The molecule has 19 heteroatoms. The number of benzene rings is 1. The molecule has 0 radical (unpaired) electrons. The number of nitrogens with zero attached hydrogens (tertiary/aromatic N) is 3. The molecule has 60 heavy (non-hydrogen) atoms. The van der Waals surface area contributed by atoms with Crippen LogP contribution in [0.1, 0.15) is 79.6 Å². The van der Waals surface area contributed by atoms with E-state index in [0.29, 0.717) is 60.2 Å². The van der Waals surface area contributed by atoms with Gasteiger partial charge in [0.15, 0.2) is 11.5 Å². The molecule has 5 aliphatic rings. The first kappa shape index (κ1) is 43.3. The summed E-state index contributed by atoms with van der Waals surface area (Å²) in [7, 11) is -4.48. The average molecular weight is 864 g/mol. The topological polar surface area (TPSA) is 194 Å². The Balaban J connectivity index is 1.29. The summed E-state index contributed by atoms with van der Waals surface area (Å²) in [6.07, 6.45) is 3.37. The molecule has 2 aliphatic carbocycles. The molecule has 3 aliphatic heterocycles. The lowest BCUT2D eigenvalue weighted by atomic mass is 9.84. The fourth-order valence-corrected chi connectivity index (χ4v) is 10.2. The van der Waals surface area contributed by atoms with Gasteiger partial charge in [-0.15, -0.1) is 0 Å². The zero-order valence-electron chi connectivity index (χ0n) is 34.2. The number of aromatic nitrogens is 1. The van der Waals surface area contributed by atoms with Crippen LogP contribution in [0.15, 0.2) is 36.5 Å². The highest BCUT2D eigenvalue weighted by molar-refractivity contribution is 7.91. The van der Waals surface area contributed by atoms with Crippen LogP contribution >= 0.6 is 0 Å². The van der Waals surface area contributed by atoms with Gasteiger partial charge in [0.25, 0.3) is 11.8 Å². The molecule has 15 nitrogen and oxygen atoms in total. The Kier molecular flexibility index (Phi) is 11.2. The molecule has 0 unspecified atom stereocenters. The quantitative estimate of drug-likeness (QED) is 0.288. The second kappa shape index (κ2) is 15.6. The summed E-state index contributed by atoms with van der Waals surface area (Å²) in [6.45, 7) is 5.35. The van der Waals surface area contributed by atoms with E-state index in [1.807, 2.05) is 11.6 Å². The largest absolute Gasteiger partial charge is 0.486 e. The number of pyridine rings is 1. The number of halogens is 3. The summed E-state index contributed by atoms with van der Waals surface area (Å²) in [5.74, 6) is -6.98. The van der Waals surface area contributed by atoms with Crippen molar-refractivity contribution >= 4 is 44.6 Å². The maximum absolute atomic E-state index is 15.4. The second-order valence-electron chi connectivity index (χ2n) is 17.7. The van der Waals surface area contributed by atoms with Gasteiger partial charge in [-0.25, -0.2) is 31.4 Å². The molecule has 328 valence electrons. The van der Waals surface area contributed by atoms with Crippen LogP contribution in [-0.4, -0.2) is 118 Å². The van der Waals surface area contributed by atoms with Crippen LogP contribution in [0, 0.1) is 17.8 Å². The van der Waals surface area contributed by atoms with E-state index in [1.54, 1.807) is 37.3 Å². The van der Waals surface area contributed by atoms with Crippen LogP contribution in [0.4, 0.5) is 18.0 Å². The number of carboxylic acid groups (broad SMARTS) is 1. The summed E-state index contributed by atoms with van der Waals surface area (Å²) in [5.41, 5.74) is -4.20. The van der Waals surface area contributed by atoms with Crippen molar-refractivity contribution in [1.82, 2.24) is 24.8 Å². The number of rotatable bonds is 9. The monoisotopic (exact) mass is 863 g/mol. The van der Waals surface area contributed by atoms with Gasteiger partial charge >= 0.3 is 6.09 Å². The third-order valence-electron chi connectivity index (χ3n) is 13.1. The standard InChI is InChI=1S/C41H52F3N5O10S/c1-23-8-6-7-9-25-20-41(25,36(52)47-60(55,56)40(22-42)13-14-40)46-33(50)29-19-26(59-34-28-10-11-30-32(58-17-16-57-30)27(28)12-15-45-34)21-48(29)35(51)31(24(2)18-23)49(37(53)54)38(3,4)39(5,43)44/h7,9-12,15,23-26,29,31H,6,8,13-14,16-22H2,1-5H3,(H,46,50)(H,47,52)(H,53,54)/b9-7-/t23-,24-,25-,26-,29+,31+,41-/m1/s1. The third-order valence-corrected chi connectivity index (χ3v) is 15.2. The lowest BCUT2D eigenvalue weighted by Crippen LogP contribution is -2.66. The molecule has 2 aromatic rings. The smallest absolute Gasteiger partial charge is 0.408 e. The molecule has 1 aromatic heterocycles. The van der Waals surface area contributed by atoms with Gasteiger partial charge in [0.05, 0.1) is 6.54 Å². The van der Waals surface area contributed by atoms with Gasteiger partial charge in [-0.3, -0.25) is 24.0 Å². The van der Waals surface area contributed by atoms with Crippen molar-refractivity contribution in [3.63, 3.8) is 0 Å². The van der Waals surface area contributed by atoms with Crippen LogP contribution in [0.5, 0.6) is 17.4 Å². The maximum atomic E-state index is 15.4. The summed E-state index contributed by atoms with van der Waals surface area (Å²) >= 11 is 0. The number of alkyl halides is 3. The minimum atomic E-state index is -4.48. The molecule has 2 saturated carbocycles. The summed E-state index contributed by atoms with van der Waals surface area (Å²) in [4.78, 5) is 62.9. The number of ether oxygens (including phenoxy) is 3. The molecule has 1 saturated heterocycles. The Morgan fingerprint density at radius 1 is 1.10 bits per heavy atom. The fraction of sp³-hybridized carbons (Fsp3) is 0.634. The fourth-order valence-electron chi connectivity index (χ4n) is 8.80. The molecule has 1 aromatic carbocycles. The van der Waals surface area contributed by atoms with Crippen LogP contribution in [0.25, 0.3) is 10.8 Å². The van der Waals surface area contributed by atoms with Crippen molar-refractivity contribution < 1.29 is 60.1 Å². The first-order valence-electron chi connectivity index (χ1n) is 20.3. The number of hydrogen-bond donors (Lipinski definition) is 3. The molecule has 7 rings (SSSR count). The highest BCUT2D eigenvalue weighted by atomic mass is 32.2. The number of allylic oxidation sites excluding steroid dienone is 1. The Hall–Kier alpha value is -4.81. The molecular weight excluding hydrogens is 812 g/mol. The van der Waals surface area contributed by atoms with Crippen LogP contribution in [-0.2, 0) is 24.4 Å². The van der Waals surface area contributed by atoms with Gasteiger partial charge in [-0.2, -0.15) is 0 Å². The highest BCUT2D eigenvalue weighted by Crippen LogP contribution is 2.48. The molecule has 7 atom stereocenters. The number of carbonyl (C=O) groups is 4. The second-order valence-corrected chi connectivity index (χ2v) is 19.8. The van der Waals surface area contributed by atoms with E-state index in [2.05, 4.69) is 10.3 Å². The average Bonchev–Trinajstić information content (AvgIpc) is 4.09. The van der Waals surface area contributed by atoms with Gasteiger partial charge in [0, 0.05) is 36.2 Å². The number of hydrogen-bond acceptors (Lipinski definition) is 10. The predicted molar refractivity (Wildman–Crippen MR) is 211 cm³/mol. The van der Waals surface area contributed by atoms with Gasteiger partial charge in [0.2, 0.25) is 27.7 Å². The predicted octanol–water partition coefficient (Wildman–Crippen LogP) is 4.97.